The standard InChI is InChI=1S/C4H10O2S.Y/c1-2-3-4-7-6-5;/h5H,2-4H2,1H3;. The topological polar surface area (TPSA) is 29.5 Å². The van der Waals surface area contributed by atoms with Crippen LogP contribution >= 0.6 is 12.0 Å². The molecule has 1 radical (unpaired) electrons. The summed E-state index contributed by atoms with van der Waals surface area (Å²) in [5, 5.41) is 7.76. The van der Waals surface area contributed by atoms with Crippen molar-refractivity contribution in [2.45, 2.75) is 19.8 Å². The Balaban J connectivity index is 0. The minimum absolute atomic E-state index is 0. The summed E-state index contributed by atoms with van der Waals surface area (Å²) in [5.74, 6) is 0.882. The Morgan fingerprint density at radius 3 is 2.62 bits per heavy atom. The van der Waals surface area contributed by atoms with E-state index in [-0.39, 0.29) is 32.7 Å². The molecule has 47 valence electrons. The van der Waals surface area contributed by atoms with Gasteiger partial charge in [0.2, 0.25) is 0 Å². The maximum absolute atomic E-state index is 7.76. The molecular weight excluding hydrogens is 201 g/mol. The van der Waals surface area contributed by atoms with Gasteiger partial charge in [0.15, 0.2) is 0 Å². The average molecular weight is 211 g/mol. The summed E-state index contributed by atoms with van der Waals surface area (Å²) < 4.78 is 3.76. The fourth-order valence-electron chi connectivity index (χ4n) is 0.241. The predicted molar refractivity (Wildman–Crippen MR) is 31.1 cm³/mol. The van der Waals surface area contributed by atoms with Crippen LogP contribution in [0.5, 0.6) is 0 Å². The zero-order chi connectivity index (χ0) is 5.54. The molecule has 0 unspecified atom stereocenters. The fourth-order valence-corrected chi connectivity index (χ4v) is 0.722. The monoisotopic (exact) mass is 211 g/mol. The van der Waals surface area contributed by atoms with Gasteiger partial charge in [-0.15, -0.1) is 0 Å². The van der Waals surface area contributed by atoms with Crippen LogP contribution < -0.4 is 0 Å². The van der Waals surface area contributed by atoms with Gasteiger partial charge in [-0.25, -0.2) is 5.26 Å². The second-order valence-corrected chi connectivity index (χ2v) is 2.04. The second kappa shape index (κ2) is 11.2. The predicted octanol–water partition coefficient (Wildman–Crippen LogP) is 1.92. The molecule has 2 nitrogen and oxygen atoms in total. The number of hydrogen-bond donors (Lipinski definition) is 1. The molecular formula is C4H10O2SY. The summed E-state index contributed by atoms with van der Waals surface area (Å²) >= 11 is 1.09. The molecule has 1 N–H and O–H groups in total. The first-order chi connectivity index (χ1) is 3.41. The van der Waals surface area contributed by atoms with E-state index in [0.29, 0.717) is 0 Å². The zero-order valence-electron chi connectivity index (χ0n) is 4.96. The van der Waals surface area contributed by atoms with Crippen LogP contribution in [0, 0.1) is 0 Å². The van der Waals surface area contributed by atoms with Gasteiger partial charge >= 0.3 is 0 Å². The van der Waals surface area contributed by atoms with E-state index in [1.807, 2.05) is 0 Å². The van der Waals surface area contributed by atoms with Gasteiger partial charge in [-0.3, -0.25) is 0 Å². The van der Waals surface area contributed by atoms with E-state index in [0.717, 1.165) is 30.6 Å². The molecule has 4 heteroatoms. The van der Waals surface area contributed by atoms with Crippen molar-refractivity contribution < 1.29 is 42.3 Å². The van der Waals surface area contributed by atoms with Crippen LogP contribution in [0.2, 0.25) is 0 Å². The van der Waals surface area contributed by atoms with Gasteiger partial charge in [0, 0.05) is 50.5 Å². The summed E-state index contributed by atoms with van der Waals surface area (Å²) in [7, 11) is 0. The van der Waals surface area contributed by atoms with Gasteiger partial charge in [0.1, 0.15) is 0 Å². The SMILES string of the molecule is CCCCSOO.[Y]. The Labute approximate surface area is 79.4 Å². The maximum atomic E-state index is 7.76. The molecule has 0 atom stereocenters. The van der Waals surface area contributed by atoms with Crippen LogP contribution in [0.25, 0.3) is 0 Å². The van der Waals surface area contributed by atoms with E-state index in [2.05, 4.69) is 11.3 Å². The van der Waals surface area contributed by atoms with E-state index < -0.39 is 0 Å². The minimum atomic E-state index is 0. The summed E-state index contributed by atoms with van der Waals surface area (Å²) in [6.07, 6.45) is 2.25. The van der Waals surface area contributed by atoms with Crippen molar-refractivity contribution in [1.29, 1.82) is 0 Å². The smallest absolute Gasteiger partial charge is 0.0311 e. The summed E-state index contributed by atoms with van der Waals surface area (Å²) in [4.78, 5) is 0. The molecule has 8 heavy (non-hydrogen) atoms. The van der Waals surface area contributed by atoms with E-state index >= 15 is 0 Å². The van der Waals surface area contributed by atoms with E-state index in [1.165, 1.54) is 0 Å². The van der Waals surface area contributed by atoms with Gasteiger partial charge in [0.05, 0.1) is 0 Å². The molecule has 0 saturated carbocycles. The van der Waals surface area contributed by atoms with E-state index in [4.69, 9.17) is 5.26 Å². The van der Waals surface area contributed by atoms with Crippen LogP contribution in [-0.4, -0.2) is 11.0 Å². The molecule has 0 bridgehead atoms. The number of rotatable bonds is 4. The molecule has 0 spiro atoms. The van der Waals surface area contributed by atoms with Gasteiger partial charge in [0.25, 0.3) is 0 Å². The molecule has 0 heterocycles. The quantitative estimate of drug-likeness (QED) is 0.333. The summed E-state index contributed by atoms with van der Waals surface area (Å²) in [6, 6.07) is 0. The van der Waals surface area contributed by atoms with Crippen LogP contribution in [-0.2, 0) is 37.0 Å². The third-order valence-corrected chi connectivity index (χ3v) is 1.19. The van der Waals surface area contributed by atoms with Crippen LogP contribution in [0.15, 0.2) is 0 Å². The van der Waals surface area contributed by atoms with Crippen molar-refractivity contribution in [3.05, 3.63) is 0 Å². The molecule has 0 saturated heterocycles. The average Bonchev–Trinajstić information content (AvgIpc) is 1.69. The molecule has 0 aliphatic heterocycles. The van der Waals surface area contributed by atoms with Gasteiger partial charge in [-0.1, -0.05) is 13.3 Å². The van der Waals surface area contributed by atoms with Crippen LogP contribution in [0.1, 0.15) is 19.8 Å². The van der Waals surface area contributed by atoms with Crippen molar-refractivity contribution in [2.24, 2.45) is 0 Å². The molecule has 0 aromatic rings. The molecule has 0 aliphatic carbocycles. The fraction of sp³-hybridized carbons (Fsp3) is 1.00. The Bertz CT molecular complexity index is 33.2. The largest absolute Gasteiger partial charge is 0.239 e. The van der Waals surface area contributed by atoms with Crippen LogP contribution in [0.3, 0.4) is 0 Å². The maximum Gasteiger partial charge on any atom is 0.0311 e. The minimum Gasteiger partial charge on any atom is -0.239 e. The van der Waals surface area contributed by atoms with Crippen molar-refractivity contribution in [2.75, 3.05) is 5.75 Å². The Hall–Kier alpha value is 1.37. The van der Waals surface area contributed by atoms with E-state index in [9.17, 15) is 0 Å². The molecule has 0 aromatic carbocycles. The van der Waals surface area contributed by atoms with Crippen molar-refractivity contribution in [3.8, 4) is 0 Å². The summed E-state index contributed by atoms with van der Waals surface area (Å²) in [5.41, 5.74) is 0. The first-order valence-corrected chi connectivity index (χ1v) is 3.26. The Morgan fingerprint density at radius 1 is 1.62 bits per heavy atom. The number of hydrogen-bond acceptors (Lipinski definition) is 3. The van der Waals surface area contributed by atoms with Crippen LogP contribution in [0.4, 0.5) is 0 Å². The van der Waals surface area contributed by atoms with Gasteiger partial charge in [-0.2, -0.15) is 4.33 Å². The summed E-state index contributed by atoms with van der Waals surface area (Å²) in [6.45, 7) is 2.10. The molecule has 0 aromatic heterocycles. The third-order valence-electron chi connectivity index (χ3n) is 0.634. The third kappa shape index (κ3) is 10.4. The molecule has 0 aliphatic rings. The number of unbranched alkanes of at least 4 members (excludes halogenated alkanes) is 1. The van der Waals surface area contributed by atoms with Crippen molar-refractivity contribution in [1.82, 2.24) is 0 Å². The van der Waals surface area contributed by atoms with Gasteiger partial charge < -0.3 is 0 Å². The molecule has 0 amide bonds. The second-order valence-electron chi connectivity index (χ2n) is 1.25. The molecule has 0 fully saturated rings. The zero-order valence-corrected chi connectivity index (χ0v) is 8.62. The normalized spacial score (nSPS) is 8.25. The first-order valence-electron chi connectivity index (χ1n) is 2.35. The Kier molecular flexibility index (Phi) is 16.9. The van der Waals surface area contributed by atoms with Crippen molar-refractivity contribution in [3.63, 3.8) is 0 Å². The molecule has 0 rings (SSSR count). The van der Waals surface area contributed by atoms with E-state index in [1.54, 1.807) is 0 Å². The van der Waals surface area contributed by atoms with Gasteiger partial charge in [-0.05, 0) is 6.42 Å². The Morgan fingerprint density at radius 2 is 2.25 bits per heavy atom. The first kappa shape index (κ1) is 12.1. The van der Waals surface area contributed by atoms with Crippen molar-refractivity contribution >= 4 is 12.0 Å².